The lowest BCUT2D eigenvalue weighted by Crippen LogP contribution is -2.12. The van der Waals surface area contributed by atoms with Crippen molar-refractivity contribution in [1.29, 1.82) is 0 Å². The minimum atomic E-state index is -0.844. The number of aliphatic hydroxyl groups excluding tert-OH is 1. The molecule has 3 atom stereocenters. The molecule has 16 heavy (non-hydrogen) atoms. The predicted octanol–water partition coefficient (Wildman–Crippen LogP) is 3.04. The molecule has 3 rings (SSSR count). The number of aliphatic hydroxyl groups is 1. The fourth-order valence-corrected chi connectivity index (χ4v) is 3.01. The normalized spacial score (nSPS) is 33.6. The summed E-state index contributed by atoms with van der Waals surface area (Å²) in [6.07, 6.45) is 2.34. The Balaban J connectivity index is 1.82. The molecule has 3 heteroatoms. The van der Waals surface area contributed by atoms with Crippen LogP contribution in [-0.4, -0.2) is 5.11 Å². The number of rotatable bonds is 2. The van der Waals surface area contributed by atoms with E-state index in [0.29, 0.717) is 0 Å². The molecule has 1 aromatic carbocycles. The van der Waals surface area contributed by atoms with Crippen molar-refractivity contribution < 1.29 is 13.9 Å². The van der Waals surface area contributed by atoms with Crippen LogP contribution in [0.25, 0.3) is 0 Å². The van der Waals surface area contributed by atoms with Gasteiger partial charge in [-0.2, -0.15) is 0 Å². The summed E-state index contributed by atoms with van der Waals surface area (Å²) in [5.74, 6) is 0.584. The molecule has 0 amide bonds. The van der Waals surface area contributed by atoms with Crippen molar-refractivity contribution in [2.45, 2.75) is 25.4 Å². The first-order chi connectivity index (χ1) is 7.65. The zero-order valence-electron chi connectivity index (χ0n) is 8.87. The summed E-state index contributed by atoms with van der Waals surface area (Å²) in [5, 5.41) is 10.1. The number of fused-ring (bicyclic) bond motifs is 1. The third kappa shape index (κ3) is 1.63. The highest BCUT2D eigenvalue weighted by molar-refractivity contribution is 5.22. The Morgan fingerprint density at radius 1 is 1.12 bits per heavy atom. The minimum absolute atomic E-state index is 0.111. The van der Waals surface area contributed by atoms with Crippen molar-refractivity contribution in [3.05, 3.63) is 35.4 Å². The SMILES string of the molecule is OC(c1cc(F)ccc1F)C1CC2CC2C1. The van der Waals surface area contributed by atoms with Crippen LogP contribution in [0, 0.1) is 29.4 Å². The van der Waals surface area contributed by atoms with Crippen LogP contribution in [0.5, 0.6) is 0 Å². The summed E-state index contributed by atoms with van der Waals surface area (Å²) in [6, 6.07) is 3.28. The summed E-state index contributed by atoms with van der Waals surface area (Å²) in [6.45, 7) is 0. The monoisotopic (exact) mass is 224 g/mol. The Morgan fingerprint density at radius 2 is 1.81 bits per heavy atom. The van der Waals surface area contributed by atoms with Crippen molar-refractivity contribution in [3.63, 3.8) is 0 Å². The molecule has 86 valence electrons. The van der Waals surface area contributed by atoms with Crippen LogP contribution >= 0.6 is 0 Å². The lowest BCUT2D eigenvalue weighted by molar-refractivity contribution is 0.100. The molecule has 2 aliphatic rings. The Bertz CT molecular complexity index is 408. The van der Waals surface area contributed by atoms with E-state index < -0.39 is 17.7 Å². The van der Waals surface area contributed by atoms with Crippen molar-refractivity contribution in [1.82, 2.24) is 0 Å². The highest BCUT2D eigenvalue weighted by Crippen LogP contribution is 2.57. The number of benzene rings is 1. The quantitative estimate of drug-likeness (QED) is 0.818. The van der Waals surface area contributed by atoms with Gasteiger partial charge in [0, 0.05) is 5.56 Å². The third-order valence-electron chi connectivity index (χ3n) is 4.00. The first-order valence-corrected chi connectivity index (χ1v) is 5.78. The van der Waals surface area contributed by atoms with Gasteiger partial charge in [-0.25, -0.2) is 8.78 Å². The maximum absolute atomic E-state index is 13.5. The molecule has 0 aliphatic heterocycles. The zero-order chi connectivity index (χ0) is 11.3. The first-order valence-electron chi connectivity index (χ1n) is 5.78. The lowest BCUT2D eigenvalue weighted by Gasteiger charge is -2.20. The van der Waals surface area contributed by atoms with E-state index in [2.05, 4.69) is 0 Å². The molecule has 0 spiro atoms. The van der Waals surface area contributed by atoms with Crippen molar-refractivity contribution >= 4 is 0 Å². The molecule has 3 unspecified atom stereocenters. The molecule has 0 heterocycles. The lowest BCUT2D eigenvalue weighted by atomic mass is 9.91. The van der Waals surface area contributed by atoms with Crippen LogP contribution in [0.2, 0.25) is 0 Å². The largest absolute Gasteiger partial charge is 0.388 e. The Morgan fingerprint density at radius 3 is 2.50 bits per heavy atom. The number of hydrogen-bond acceptors (Lipinski definition) is 1. The average Bonchev–Trinajstić information content (AvgIpc) is 2.88. The van der Waals surface area contributed by atoms with E-state index in [0.717, 1.165) is 42.9 Å². The van der Waals surface area contributed by atoms with Crippen LogP contribution in [-0.2, 0) is 0 Å². The van der Waals surface area contributed by atoms with Gasteiger partial charge in [0.2, 0.25) is 0 Å². The second kappa shape index (κ2) is 3.52. The van der Waals surface area contributed by atoms with Gasteiger partial charge in [-0.1, -0.05) is 0 Å². The van der Waals surface area contributed by atoms with Crippen LogP contribution in [0.3, 0.4) is 0 Å². The van der Waals surface area contributed by atoms with E-state index in [4.69, 9.17) is 0 Å². The number of hydrogen-bond donors (Lipinski definition) is 1. The minimum Gasteiger partial charge on any atom is -0.388 e. The molecule has 0 saturated heterocycles. The first kappa shape index (κ1) is 10.2. The molecule has 2 aliphatic carbocycles. The molecule has 2 fully saturated rings. The Hall–Kier alpha value is -0.960. The van der Waals surface area contributed by atoms with Gasteiger partial charge in [-0.15, -0.1) is 0 Å². The van der Waals surface area contributed by atoms with Gasteiger partial charge in [0.05, 0.1) is 6.10 Å². The Labute approximate surface area is 93.1 Å². The van der Waals surface area contributed by atoms with Gasteiger partial charge in [-0.3, -0.25) is 0 Å². The zero-order valence-corrected chi connectivity index (χ0v) is 8.87. The van der Waals surface area contributed by atoms with Crippen molar-refractivity contribution in [2.24, 2.45) is 17.8 Å². The van der Waals surface area contributed by atoms with Crippen LogP contribution in [0.15, 0.2) is 18.2 Å². The van der Waals surface area contributed by atoms with E-state index in [1.165, 1.54) is 6.42 Å². The Kier molecular flexibility index (Phi) is 2.25. The smallest absolute Gasteiger partial charge is 0.129 e. The molecule has 0 aromatic heterocycles. The molecule has 0 radical (unpaired) electrons. The second-order valence-corrected chi connectivity index (χ2v) is 5.10. The topological polar surface area (TPSA) is 20.2 Å². The summed E-state index contributed by atoms with van der Waals surface area (Å²) >= 11 is 0. The molecular weight excluding hydrogens is 210 g/mol. The van der Waals surface area contributed by atoms with Crippen molar-refractivity contribution in [2.75, 3.05) is 0 Å². The molecule has 1 aromatic rings. The van der Waals surface area contributed by atoms with Crippen molar-refractivity contribution in [3.8, 4) is 0 Å². The predicted molar refractivity (Wildman–Crippen MR) is 55.6 cm³/mol. The van der Waals surface area contributed by atoms with Gasteiger partial charge < -0.3 is 5.11 Å². The summed E-state index contributed by atoms with van der Waals surface area (Å²) < 4.78 is 26.5. The third-order valence-corrected chi connectivity index (χ3v) is 4.00. The molecule has 1 nitrogen and oxygen atoms in total. The van der Waals surface area contributed by atoms with E-state index in [-0.39, 0.29) is 11.5 Å². The fraction of sp³-hybridized carbons (Fsp3) is 0.538. The average molecular weight is 224 g/mol. The standard InChI is InChI=1S/C13H14F2O/c14-10-1-2-12(15)11(6-10)13(16)9-4-7-3-8(7)5-9/h1-2,6-9,13,16H,3-5H2. The maximum Gasteiger partial charge on any atom is 0.129 e. The van der Waals surface area contributed by atoms with Crippen LogP contribution < -0.4 is 0 Å². The second-order valence-electron chi connectivity index (χ2n) is 5.10. The molecule has 2 saturated carbocycles. The van der Waals surface area contributed by atoms with E-state index in [9.17, 15) is 13.9 Å². The van der Waals surface area contributed by atoms with Crippen LogP contribution in [0.4, 0.5) is 8.78 Å². The number of halogens is 2. The van der Waals surface area contributed by atoms with Gasteiger partial charge >= 0.3 is 0 Å². The maximum atomic E-state index is 13.5. The highest BCUT2D eigenvalue weighted by atomic mass is 19.1. The van der Waals surface area contributed by atoms with Crippen LogP contribution in [0.1, 0.15) is 30.9 Å². The fourth-order valence-electron chi connectivity index (χ4n) is 3.01. The molecule has 1 N–H and O–H groups in total. The van der Waals surface area contributed by atoms with Gasteiger partial charge in [-0.05, 0) is 55.2 Å². The van der Waals surface area contributed by atoms with Gasteiger partial charge in [0.15, 0.2) is 0 Å². The molecule has 0 bridgehead atoms. The van der Waals surface area contributed by atoms with Gasteiger partial charge in [0.1, 0.15) is 11.6 Å². The highest BCUT2D eigenvalue weighted by Gasteiger charge is 2.48. The summed E-state index contributed by atoms with van der Waals surface area (Å²) in [5.41, 5.74) is 0.117. The van der Waals surface area contributed by atoms with E-state index in [1.807, 2.05) is 0 Å². The summed E-state index contributed by atoms with van der Waals surface area (Å²) in [4.78, 5) is 0. The molecular formula is C13H14F2O. The van der Waals surface area contributed by atoms with Gasteiger partial charge in [0.25, 0.3) is 0 Å². The van der Waals surface area contributed by atoms with E-state index >= 15 is 0 Å². The summed E-state index contributed by atoms with van der Waals surface area (Å²) in [7, 11) is 0. The van der Waals surface area contributed by atoms with E-state index in [1.54, 1.807) is 0 Å².